The van der Waals surface area contributed by atoms with Gasteiger partial charge in [0.05, 0.1) is 37.8 Å². The van der Waals surface area contributed by atoms with Gasteiger partial charge in [0, 0.05) is 31.6 Å². The number of carboxylic acid groups (broad SMARTS) is 1. The number of esters is 1. The lowest BCUT2D eigenvalue weighted by atomic mass is 10.0. The molecule has 0 saturated heterocycles. The zero-order valence-electron chi connectivity index (χ0n) is 37.4. The fourth-order valence-electron chi connectivity index (χ4n) is 5.60. The van der Waals surface area contributed by atoms with Crippen LogP contribution in [0.4, 0.5) is 18.9 Å². The van der Waals surface area contributed by atoms with Crippen LogP contribution in [0.3, 0.4) is 0 Å². The van der Waals surface area contributed by atoms with Crippen molar-refractivity contribution in [3.8, 4) is 5.69 Å². The van der Waals surface area contributed by atoms with E-state index < -0.39 is 60.6 Å². The van der Waals surface area contributed by atoms with Crippen LogP contribution in [0.25, 0.3) is 5.69 Å². The Kier molecular flexibility index (Phi) is 30.1. The van der Waals surface area contributed by atoms with Crippen LogP contribution in [-0.4, -0.2) is 126 Å². The SMILES string of the molecule is C=CCN(CC=C)C(=O)C(Cl)Cl.CCOC(=O)C(Cl)Cc1cc(-n2nc(C)n(C(F)F)c2=O)c(F)cc1Cl.CCc1cccc(C)c1N(C(=O)CCl)C(C)COC.O=C(O)CNCP(=O)(O)O. The van der Waals surface area contributed by atoms with Gasteiger partial charge in [-0.2, -0.15) is 13.5 Å². The van der Waals surface area contributed by atoms with Crippen LogP contribution in [0, 0.1) is 19.7 Å². The number of alkyl halides is 6. The number of halogens is 8. The third kappa shape index (κ3) is 21.9. The van der Waals surface area contributed by atoms with Crippen molar-refractivity contribution in [3.05, 3.63) is 99.5 Å². The Morgan fingerprint density at radius 3 is 2.09 bits per heavy atom. The number of ether oxygens (including phenoxy) is 2. The van der Waals surface area contributed by atoms with E-state index in [1.54, 1.807) is 31.1 Å². The van der Waals surface area contributed by atoms with Gasteiger partial charge < -0.3 is 34.2 Å². The van der Waals surface area contributed by atoms with E-state index in [9.17, 15) is 41.7 Å². The van der Waals surface area contributed by atoms with Crippen LogP contribution in [0.15, 0.2) is 60.4 Å². The monoisotopic (exact) mass is 1070 g/mol. The normalized spacial score (nSPS) is 11.7. The quantitative estimate of drug-likeness (QED) is 0.0359. The van der Waals surface area contributed by atoms with Gasteiger partial charge in [-0.3, -0.25) is 29.1 Å². The number of amides is 2. The average molecular weight is 1070 g/mol. The third-order valence-electron chi connectivity index (χ3n) is 8.43. The smallest absolute Gasteiger partial charge is 0.355 e. The van der Waals surface area contributed by atoms with Crippen LogP contribution in [-0.2, 0) is 46.1 Å². The Hall–Kier alpha value is -3.95. The predicted molar refractivity (Wildman–Crippen MR) is 254 cm³/mol. The van der Waals surface area contributed by atoms with Crippen molar-refractivity contribution in [2.24, 2.45) is 0 Å². The lowest BCUT2D eigenvalue weighted by Gasteiger charge is -2.31. The minimum Gasteiger partial charge on any atom is -0.480 e. The second-order valence-corrected chi connectivity index (χ2v) is 17.6. The molecule has 0 aliphatic carbocycles. The standard InChI is InChI=1S/C15H14Cl2F3N3O3.C15H22ClNO2.C8H11Cl2NO.C3H8NO5P/c1-3-26-13(24)10(17)4-8-5-12(11(18)6-9(8)16)23-15(25)22(14(19)20)7(2)21-23;1-5-13-8-6-7-11(2)15(13)17(14(18)9-16)12(3)10-19-4;1-3-5-11(6-4-2)8(12)7(9)10;5-3(6)1-4-2-10(7,8)9/h5-6,10,14H,3-4H2,1-2H3;6-8,12H,5,9-10H2,1-4H3;3-4,7H,1-2,5-6H2;4H,1-2H2,(H,5,6)(H2,7,8,9). The van der Waals surface area contributed by atoms with Gasteiger partial charge in [-0.25, -0.2) is 13.8 Å². The summed E-state index contributed by atoms with van der Waals surface area (Å²) < 4.78 is 60.7. The number of para-hydroxylation sites is 1. The third-order valence-corrected chi connectivity index (χ3v) is 10.3. The lowest BCUT2D eigenvalue weighted by Crippen LogP contribution is -2.43. The van der Waals surface area contributed by atoms with Crippen molar-refractivity contribution < 1.29 is 61.3 Å². The molecular weight excluding hydrogens is 1020 g/mol. The lowest BCUT2D eigenvalue weighted by molar-refractivity contribution is -0.142. The number of carbonyl (C=O) groups excluding carboxylic acids is 3. The largest absolute Gasteiger partial charge is 0.480 e. The number of hydrogen-bond acceptors (Lipinski definition) is 10. The molecule has 3 rings (SSSR count). The van der Waals surface area contributed by atoms with E-state index >= 15 is 0 Å². The number of nitrogens with one attached hydrogen (secondary N) is 1. The Morgan fingerprint density at radius 1 is 1.04 bits per heavy atom. The number of rotatable bonds is 21. The molecule has 0 spiro atoms. The fourth-order valence-corrected chi connectivity index (χ4v) is 6.86. The van der Waals surface area contributed by atoms with Crippen LogP contribution < -0.4 is 15.9 Å². The summed E-state index contributed by atoms with van der Waals surface area (Å²) in [6.45, 7) is 13.8. The second kappa shape index (κ2) is 32.0. The number of aryl methyl sites for hydroxylation is 3. The molecule has 0 fully saturated rings. The molecule has 0 saturated carbocycles. The molecule has 67 heavy (non-hydrogen) atoms. The molecule has 2 unspecified atom stereocenters. The first-order valence-corrected chi connectivity index (χ1v) is 23.8. The molecule has 1 aromatic heterocycles. The highest BCUT2D eigenvalue weighted by molar-refractivity contribution is 7.51. The number of carboxylic acids is 1. The molecule has 0 aliphatic rings. The Morgan fingerprint density at radius 2 is 1.64 bits per heavy atom. The maximum Gasteiger partial charge on any atom is 0.355 e. The molecule has 0 radical (unpaired) electrons. The summed E-state index contributed by atoms with van der Waals surface area (Å²) in [6, 6.07) is 8.07. The molecule has 0 aliphatic heterocycles. The zero-order valence-corrected chi connectivity index (χ0v) is 42.1. The van der Waals surface area contributed by atoms with Crippen LogP contribution in [0.2, 0.25) is 5.02 Å². The number of aliphatic carboxylic acids is 1. The van der Waals surface area contributed by atoms with E-state index in [-0.39, 0.29) is 63.4 Å². The van der Waals surface area contributed by atoms with E-state index in [4.69, 9.17) is 82.4 Å². The van der Waals surface area contributed by atoms with E-state index in [1.807, 2.05) is 26.0 Å². The summed E-state index contributed by atoms with van der Waals surface area (Å²) in [5.74, 6) is -3.50. The van der Waals surface area contributed by atoms with Crippen molar-refractivity contribution in [3.63, 3.8) is 0 Å². The van der Waals surface area contributed by atoms with Crippen molar-refractivity contribution in [2.45, 2.75) is 70.3 Å². The molecule has 2 aromatic carbocycles. The van der Waals surface area contributed by atoms with Gasteiger partial charge >= 0.3 is 31.8 Å². The van der Waals surface area contributed by atoms with Crippen molar-refractivity contribution in [2.75, 3.05) is 57.0 Å². The summed E-state index contributed by atoms with van der Waals surface area (Å²) >= 11 is 28.5. The molecule has 17 nitrogen and oxygen atoms in total. The number of hydrogen-bond donors (Lipinski definition) is 4. The van der Waals surface area contributed by atoms with Crippen molar-refractivity contribution in [1.29, 1.82) is 0 Å². The topological polar surface area (TPSA) is 223 Å². The molecule has 376 valence electrons. The maximum atomic E-state index is 14.2. The summed E-state index contributed by atoms with van der Waals surface area (Å²) in [7, 11) is -2.46. The van der Waals surface area contributed by atoms with Crippen molar-refractivity contribution in [1.82, 2.24) is 24.6 Å². The molecule has 0 bridgehead atoms. The first kappa shape index (κ1) is 63.0. The van der Waals surface area contributed by atoms with Gasteiger partial charge in [-0.15, -0.1) is 41.5 Å². The van der Waals surface area contributed by atoms with Gasteiger partial charge in [0.1, 0.15) is 22.8 Å². The van der Waals surface area contributed by atoms with E-state index in [0.717, 1.165) is 35.4 Å². The summed E-state index contributed by atoms with van der Waals surface area (Å²) in [5, 5.41) is 12.6. The molecule has 26 heteroatoms. The van der Waals surface area contributed by atoms with Gasteiger partial charge in [-0.1, -0.05) is 72.1 Å². The highest BCUT2D eigenvalue weighted by Crippen LogP contribution is 2.32. The fraction of sp³-hybridized carbons (Fsp3) is 0.463. The van der Waals surface area contributed by atoms with E-state index in [1.165, 1.54) is 11.8 Å². The highest BCUT2D eigenvalue weighted by Gasteiger charge is 2.26. The van der Waals surface area contributed by atoms with Crippen LogP contribution >= 0.6 is 65.6 Å². The number of methoxy groups -OCH3 is 1. The first-order chi connectivity index (χ1) is 31.3. The second-order valence-electron chi connectivity index (χ2n) is 13.6. The van der Waals surface area contributed by atoms with Gasteiger partial charge in [0.15, 0.2) is 10.7 Å². The molecule has 2 amide bonds. The molecule has 2 atom stereocenters. The first-order valence-electron chi connectivity index (χ1n) is 19.7. The minimum atomic E-state index is -4.10. The molecule has 3 aromatic rings. The van der Waals surface area contributed by atoms with Crippen LogP contribution in [0.5, 0.6) is 0 Å². The van der Waals surface area contributed by atoms with Crippen molar-refractivity contribution >= 4 is 95.0 Å². The Bertz CT molecular complexity index is 2200. The number of anilines is 1. The number of benzene rings is 2. The van der Waals surface area contributed by atoms with E-state index in [0.29, 0.717) is 24.4 Å². The highest BCUT2D eigenvalue weighted by atomic mass is 35.5. The summed E-state index contributed by atoms with van der Waals surface area (Å²) in [6.07, 6.45) is 3.38. The number of aromatic nitrogens is 3. The number of carbonyl (C=O) groups is 4. The maximum absolute atomic E-state index is 14.2. The van der Waals surface area contributed by atoms with Gasteiger partial charge in [0.25, 0.3) is 5.91 Å². The minimum absolute atomic E-state index is 0.0223. The van der Waals surface area contributed by atoms with Gasteiger partial charge in [-0.05, 0) is 62.9 Å². The molecular formula is C41H55Cl5F3N6O11P. The van der Waals surface area contributed by atoms with Crippen LogP contribution in [0.1, 0.15) is 49.8 Å². The predicted octanol–water partition coefficient (Wildman–Crippen LogP) is 7.19. The number of nitrogens with zero attached hydrogens (tertiary/aromatic N) is 5. The molecule has 1 heterocycles. The zero-order chi connectivity index (χ0) is 51.8. The van der Waals surface area contributed by atoms with Gasteiger partial charge in [0.2, 0.25) is 5.91 Å². The average Bonchev–Trinajstić information content (AvgIpc) is 3.54. The summed E-state index contributed by atoms with van der Waals surface area (Å²) in [5.41, 5.74) is 1.84. The Balaban J connectivity index is 0.000000932. The van der Waals surface area contributed by atoms with E-state index in [2.05, 4.69) is 36.6 Å². The molecule has 4 N–H and O–H groups in total. The summed E-state index contributed by atoms with van der Waals surface area (Å²) in [4.78, 5) is 75.5. The Labute approximate surface area is 411 Å².